The fourth-order valence-corrected chi connectivity index (χ4v) is 2.09. The molecular formula is C16H16ClFO2. The first-order valence-corrected chi connectivity index (χ1v) is 6.75. The third-order valence-electron chi connectivity index (χ3n) is 2.81. The Kier molecular flexibility index (Phi) is 4.63. The van der Waals surface area contributed by atoms with Gasteiger partial charge in [0.25, 0.3) is 0 Å². The predicted octanol–water partition coefficient (Wildman–Crippen LogP) is 4.35. The van der Waals surface area contributed by atoms with Crippen LogP contribution >= 0.6 is 11.6 Å². The Labute approximate surface area is 122 Å². The topological polar surface area (TPSA) is 29.5 Å². The summed E-state index contributed by atoms with van der Waals surface area (Å²) in [4.78, 5) is 0. The summed E-state index contributed by atoms with van der Waals surface area (Å²) >= 11 is 5.73. The number of benzene rings is 2. The summed E-state index contributed by atoms with van der Waals surface area (Å²) in [5, 5.41) is 10.3. The van der Waals surface area contributed by atoms with Crippen molar-refractivity contribution in [1.82, 2.24) is 0 Å². The summed E-state index contributed by atoms with van der Waals surface area (Å²) in [6.07, 6.45) is -0.813. The predicted molar refractivity (Wildman–Crippen MR) is 77.7 cm³/mol. The highest BCUT2D eigenvalue weighted by atomic mass is 35.5. The van der Waals surface area contributed by atoms with Crippen molar-refractivity contribution in [3.05, 3.63) is 64.4 Å². The lowest BCUT2D eigenvalue weighted by atomic mass is 10.0. The summed E-state index contributed by atoms with van der Waals surface area (Å²) in [5.41, 5.74) is 1.21. The van der Waals surface area contributed by atoms with Crippen molar-refractivity contribution in [2.75, 3.05) is 0 Å². The van der Waals surface area contributed by atoms with Gasteiger partial charge in [-0.25, -0.2) is 4.39 Å². The second kappa shape index (κ2) is 6.25. The van der Waals surface area contributed by atoms with Crippen LogP contribution in [0.25, 0.3) is 0 Å². The molecule has 0 aliphatic carbocycles. The Morgan fingerprint density at radius 2 is 1.80 bits per heavy atom. The Hall–Kier alpha value is -1.58. The van der Waals surface area contributed by atoms with Crippen LogP contribution in [0, 0.1) is 5.82 Å². The van der Waals surface area contributed by atoms with E-state index in [-0.39, 0.29) is 11.1 Å². The van der Waals surface area contributed by atoms with Gasteiger partial charge in [-0.15, -0.1) is 0 Å². The Balaban J connectivity index is 2.28. The zero-order valence-corrected chi connectivity index (χ0v) is 12.1. The maximum Gasteiger partial charge on any atom is 0.141 e. The molecule has 1 atom stereocenters. The van der Waals surface area contributed by atoms with Crippen LogP contribution in [0.4, 0.5) is 4.39 Å². The average molecular weight is 295 g/mol. The molecule has 0 heterocycles. The van der Waals surface area contributed by atoms with Crippen molar-refractivity contribution in [3.63, 3.8) is 0 Å². The van der Waals surface area contributed by atoms with Crippen LogP contribution in [0.3, 0.4) is 0 Å². The highest BCUT2D eigenvalue weighted by Crippen LogP contribution is 2.28. The Morgan fingerprint density at radius 1 is 1.10 bits per heavy atom. The molecule has 0 bridgehead atoms. The first kappa shape index (κ1) is 14.8. The van der Waals surface area contributed by atoms with Crippen LogP contribution in [-0.2, 0) is 0 Å². The van der Waals surface area contributed by atoms with Crippen molar-refractivity contribution >= 4 is 11.6 Å². The van der Waals surface area contributed by atoms with E-state index in [0.29, 0.717) is 16.9 Å². The lowest BCUT2D eigenvalue weighted by Gasteiger charge is -2.15. The first-order chi connectivity index (χ1) is 9.47. The largest absolute Gasteiger partial charge is 0.491 e. The van der Waals surface area contributed by atoms with Gasteiger partial charge in [0.2, 0.25) is 0 Å². The summed E-state index contributed by atoms with van der Waals surface area (Å²) in [7, 11) is 0. The highest BCUT2D eigenvalue weighted by Gasteiger charge is 2.13. The van der Waals surface area contributed by atoms with E-state index in [4.69, 9.17) is 16.3 Å². The molecule has 1 N–H and O–H groups in total. The van der Waals surface area contributed by atoms with E-state index >= 15 is 0 Å². The monoisotopic (exact) mass is 294 g/mol. The van der Waals surface area contributed by atoms with Crippen molar-refractivity contribution < 1.29 is 14.2 Å². The van der Waals surface area contributed by atoms with E-state index in [1.54, 1.807) is 18.2 Å². The summed E-state index contributed by atoms with van der Waals surface area (Å²) in [5.74, 6) is 0.185. The molecule has 0 aliphatic rings. The van der Waals surface area contributed by atoms with Gasteiger partial charge in [0, 0.05) is 0 Å². The number of aliphatic hydroxyl groups is 1. The summed E-state index contributed by atoms with van der Waals surface area (Å²) < 4.78 is 18.7. The SMILES string of the molecule is CC(C)Oc1cccc(C(O)c2ccc(F)c(Cl)c2)c1. The van der Waals surface area contributed by atoms with Crippen LogP contribution in [-0.4, -0.2) is 11.2 Å². The molecule has 0 saturated carbocycles. The van der Waals surface area contributed by atoms with Crippen LogP contribution in [0.2, 0.25) is 5.02 Å². The third kappa shape index (κ3) is 3.50. The molecule has 2 aromatic carbocycles. The second-order valence-corrected chi connectivity index (χ2v) is 5.22. The van der Waals surface area contributed by atoms with Gasteiger partial charge in [-0.3, -0.25) is 0 Å². The van der Waals surface area contributed by atoms with Crippen LogP contribution in [0.1, 0.15) is 31.1 Å². The van der Waals surface area contributed by atoms with Crippen LogP contribution < -0.4 is 4.74 Å². The third-order valence-corrected chi connectivity index (χ3v) is 3.09. The minimum Gasteiger partial charge on any atom is -0.491 e. The molecule has 2 aromatic rings. The fraction of sp³-hybridized carbons (Fsp3) is 0.250. The zero-order valence-electron chi connectivity index (χ0n) is 11.3. The van der Waals surface area contributed by atoms with Crippen molar-refractivity contribution in [1.29, 1.82) is 0 Å². The van der Waals surface area contributed by atoms with E-state index in [1.807, 2.05) is 19.9 Å². The maximum absolute atomic E-state index is 13.1. The molecular weight excluding hydrogens is 279 g/mol. The number of aliphatic hydroxyl groups excluding tert-OH is 1. The number of hydrogen-bond donors (Lipinski definition) is 1. The molecule has 0 spiro atoms. The Bertz CT molecular complexity index is 599. The molecule has 0 fully saturated rings. The van der Waals surface area contributed by atoms with Gasteiger partial charge in [-0.05, 0) is 49.2 Å². The van der Waals surface area contributed by atoms with Crippen LogP contribution in [0.5, 0.6) is 5.75 Å². The second-order valence-electron chi connectivity index (χ2n) is 4.82. The molecule has 4 heteroatoms. The molecule has 106 valence electrons. The van der Waals surface area contributed by atoms with Gasteiger partial charge in [0.15, 0.2) is 0 Å². The number of hydrogen-bond acceptors (Lipinski definition) is 2. The lowest BCUT2D eigenvalue weighted by Crippen LogP contribution is -2.06. The van der Waals surface area contributed by atoms with Crippen molar-refractivity contribution in [2.45, 2.75) is 26.1 Å². The van der Waals surface area contributed by atoms with E-state index in [9.17, 15) is 9.50 Å². The van der Waals surface area contributed by atoms with Crippen LogP contribution in [0.15, 0.2) is 42.5 Å². The Morgan fingerprint density at radius 3 is 2.45 bits per heavy atom. The molecule has 2 rings (SSSR count). The molecule has 20 heavy (non-hydrogen) atoms. The van der Waals surface area contributed by atoms with E-state index < -0.39 is 11.9 Å². The van der Waals surface area contributed by atoms with E-state index in [1.165, 1.54) is 18.2 Å². The minimum atomic E-state index is -0.871. The molecule has 0 radical (unpaired) electrons. The quantitative estimate of drug-likeness (QED) is 0.908. The molecule has 1 unspecified atom stereocenters. The van der Waals surface area contributed by atoms with E-state index in [0.717, 1.165) is 0 Å². The molecule has 0 aliphatic heterocycles. The average Bonchev–Trinajstić information content (AvgIpc) is 2.40. The fourth-order valence-electron chi connectivity index (χ4n) is 1.91. The van der Waals surface area contributed by atoms with E-state index in [2.05, 4.69) is 0 Å². The van der Waals surface area contributed by atoms with Crippen molar-refractivity contribution in [2.24, 2.45) is 0 Å². The van der Waals surface area contributed by atoms with Crippen molar-refractivity contribution in [3.8, 4) is 5.75 Å². The number of ether oxygens (including phenoxy) is 1. The van der Waals surface area contributed by atoms with Gasteiger partial charge < -0.3 is 9.84 Å². The first-order valence-electron chi connectivity index (χ1n) is 6.37. The standard InChI is InChI=1S/C16H16ClFO2/c1-10(2)20-13-5-3-4-11(8-13)16(19)12-6-7-15(18)14(17)9-12/h3-10,16,19H,1-2H3. The molecule has 0 amide bonds. The van der Waals surface area contributed by atoms with Gasteiger partial charge in [0.1, 0.15) is 17.7 Å². The maximum atomic E-state index is 13.1. The smallest absolute Gasteiger partial charge is 0.141 e. The van der Waals surface area contributed by atoms with Gasteiger partial charge in [0.05, 0.1) is 11.1 Å². The lowest BCUT2D eigenvalue weighted by molar-refractivity contribution is 0.216. The van der Waals surface area contributed by atoms with Gasteiger partial charge >= 0.3 is 0 Å². The summed E-state index contributed by atoms with van der Waals surface area (Å²) in [6, 6.07) is 11.4. The molecule has 2 nitrogen and oxygen atoms in total. The number of halogens is 2. The van der Waals surface area contributed by atoms with Gasteiger partial charge in [-0.1, -0.05) is 29.8 Å². The zero-order chi connectivity index (χ0) is 14.7. The number of rotatable bonds is 4. The molecule has 0 aromatic heterocycles. The normalized spacial score (nSPS) is 12.5. The van der Waals surface area contributed by atoms with Gasteiger partial charge in [-0.2, -0.15) is 0 Å². The minimum absolute atomic E-state index is 0.00358. The highest BCUT2D eigenvalue weighted by molar-refractivity contribution is 6.30. The molecule has 0 saturated heterocycles. The summed E-state index contributed by atoms with van der Waals surface area (Å²) in [6.45, 7) is 3.87.